The summed E-state index contributed by atoms with van der Waals surface area (Å²) in [4.78, 5) is 4.32. The van der Waals surface area contributed by atoms with E-state index in [4.69, 9.17) is 16.3 Å². The number of thioether (sulfide) groups is 1. The fraction of sp³-hybridized carbons (Fsp3) is 0.364. The summed E-state index contributed by atoms with van der Waals surface area (Å²) >= 11 is 7.69. The molecule has 0 radical (unpaired) electrons. The van der Waals surface area contributed by atoms with E-state index in [1.807, 2.05) is 18.2 Å². The predicted molar refractivity (Wildman–Crippen MR) is 69.6 cm³/mol. The third kappa shape index (κ3) is 2.83. The number of amidine groups is 1. The number of nitrogens with zero attached hydrogens (tertiary/aromatic N) is 1. The van der Waals surface area contributed by atoms with Crippen LogP contribution >= 0.6 is 23.4 Å². The first-order chi connectivity index (χ1) is 7.79. The van der Waals surface area contributed by atoms with Crippen LogP contribution in [0.2, 0.25) is 5.02 Å². The Balaban J connectivity index is 2.04. The van der Waals surface area contributed by atoms with Crippen LogP contribution in [0.4, 0.5) is 0 Å². The van der Waals surface area contributed by atoms with Crippen LogP contribution in [-0.2, 0) is 6.54 Å². The maximum Gasteiger partial charge on any atom is 0.156 e. The first kappa shape index (κ1) is 11.6. The van der Waals surface area contributed by atoms with Crippen LogP contribution in [0.1, 0.15) is 5.56 Å². The minimum atomic E-state index is 0.690. The van der Waals surface area contributed by atoms with Crippen LogP contribution in [0, 0.1) is 0 Å². The van der Waals surface area contributed by atoms with Gasteiger partial charge in [-0.05, 0) is 18.2 Å². The topological polar surface area (TPSA) is 33.6 Å². The van der Waals surface area contributed by atoms with Crippen molar-refractivity contribution in [3.8, 4) is 5.75 Å². The van der Waals surface area contributed by atoms with Gasteiger partial charge in [0.1, 0.15) is 5.75 Å². The van der Waals surface area contributed by atoms with Gasteiger partial charge in [0.2, 0.25) is 0 Å². The first-order valence-corrected chi connectivity index (χ1v) is 6.39. The lowest BCUT2D eigenvalue weighted by Gasteiger charge is -2.10. The summed E-state index contributed by atoms with van der Waals surface area (Å²) in [6.45, 7) is 1.59. The molecule has 1 aliphatic heterocycles. The molecule has 2 rings (SSSR count). The van der Waals surface area contributed by atoms with Crippen molar-refractivity contribution < 1.29 is 4.74 Å². The highest BCUT2D eigenvalue weighted by Gasteiger charge is 2.08. The Morgan fingerprint density at radius 3 is 3.12 bits per heavy atom. The van der Waals surface area contributed by atoms with Crippen molar-refractivity contribution in [3.63, 3.8) is 0 Å². The average molecular weight is 257 g/mol. The highest BCUT2D eigenvalue weighted by molar-refractivity contribution is 8.14. The zero-order valence-corrected chi connectivity index (χ0v) is 10.6. The Bertz CT molecular complexity index is 409. The van der Waals surface area contributed by atoms with Crippen molar-refractivity contribution in [2.75, 3.05) is 19.4 Å². The molecule has 5 heteroatoms. The fourth-order valence-corrected chi connectivity index (χ4v) is 2.43. The molecule has 0 spiro atoms. The molecule has 0 aromatic heterocycles. The van der Waals surface area contributed by atoms with E-state index in [-0.39, 0.29) is 0 Å². The molecule has 0 fully saturated rings. The number of rotatable bonds is 3. The molecule has 0 bridgehead atoms. The van der Waals surface area contributed by atoms with Crippen molar-refractivity contribution in [2.45, 2.75) is 6.54 Å². The van der Waals surface area contributed by atoms with Gasteiger partial charge in [-0.15, -0.1) is 0 Å². The van der Waals surface area contributed by atoms with Crippen molar-refractivity contribution >= 4 is 28.5 Å². The number of ether oxygens (including phenoxy) is 1. The molecule has 16 heavy (non-hydrogen) atoms. The minimum absolute atomic E-state index is 0.690. The number of hydrogen-bond acceptors (Lipinski definition) is 4. The van der Waals surface area contributed by atoms with Crippen LogP contribution in [0.15, 0.2) is 23.2 Å². The van der Waals surface area contributed by atoms with Gasteiger partial charge in [0, 0.05) is 22.9 Å². The first-order valence-electron chi connectivity index (χ1n) is 5.03. The van der Waals surface area contributed by atoms with Gasteiger partial charge < -0.3 is 10.1 Å². The molecule has 1 N–H and O–H groups in total. The van der Waals surface area contributed by atoms with Gasteiger partial charge in [0.05, 0.1) is 13.7 Å². The summed E-state index contributed by atoms with van der Waals surface area (Å²) in [5, 5.41) is 5.00. The molecule has 1 aromatic rings. The maximum absolute atomic E-state index is 5.95. The lowest BCUT2D eigenvalue weighted by atomic mass is 10.2. The molecule has 1 aromatic carbocycles. The number of halogens is 1. The monoisotopic (exact) mass is 256 g/mol. The minimum Gasteiger partial charge on any atom is -0.496 e. The number of nitrogens with one attached hydrogen (secondary N) is 1. The lowest BCUT2D eigenvalue weighted by Crippen LogP contribution is -2.18. The quantitative estimate of drug-likeness (QED) is 0.902. The Hall–Kier alpha value is -0.870. The number of methoxy groups -OCH3 is 1. The molecule has 0 saturated carbocycles. The number of aliphatic imine (C=N–C) groups is 1. The Morgan fingerprint density at radius 2 is 2.44 bits per heavy atom. The maximum atomic E-state index is 5.95. The largest absolute Gasteiger partial charge is 0.496 e. The van der Waals surface area contributed by atoms with Gasteiger partial charge in [-0.2, -0.15) is 0 Å². The van der Waals surface area contributed by atoms with E-state index in [1.54, 1.807) is 18.9 Å². The highest BCUT2D eigenvalue weighted by atomic mass is 35.5. The lowest BCUT2D eigenvalue weighted by molar-refractivity contribution is 0.409. The summed E-state index contributed by atoms with van der Waals surface area (Å²) < 4.78 is 5.27. The van der Waals surface area contributed by atoms with Crippen LogP contribution in [0.5, 0.6) is 5.75 Å². The van der Waals surface area contributed by atoms with Crippen molar-refractivity contribution in [1.82, 2.24) is 5.32 Å². The average Bonchev–Trinajstić information content (AvgIpc) is 2.79. The van der Waals surface area contributed by atoms with Crippen molar-refractivity contribution in [2.24, 2.45) is 4.99 Å². The summed E-state index contributed by atoms with van der Waals surface area (Å²) in [5.74, 6) is 1.91. The molecule has 0 unspecified atom stereocenters. The Kier molecular flexibility index (Phi) is 3.96. The number of benzene rings is 1. The van der Waals surface area contributed by atoms with Gasteiger partial charge in [-0.25, -0.2) is 0 Å². The zero-order valence-electron chi connectivity index (χ0n) is 9.00. The predicted octanol–water partition coefficient (Wildman–Crippen LogP) is 2.54. The van der Waals surface area contributed by atoms with Gasteiger partial charge in [-0.1, -0.05) is 23.4 Å². The smallest absolute Gasteiger partial charge is 0.156 e. The molecule has 0 aliphatic carbocycles. The molecule has 1 aliphatic rings. The van der Waals surface area contributed by atoms with E-state index in [0.717, 1.165) is 33.8 Å². The van der Waals surface area contributed by atoms with E-state index < -0.39 is 0 Å². The Morgan fingerprint density at radius 1 is 1.56 bits per heavy atom. The fourth-order valence-electron chi connectivity index (χ4n) is 1.50. The Labute approximate surface area is 104 Å². The summed E-state index contributed by atoms with van der Waals surface area (Å²) in [6.07, 6.45) is 0. The van der Waals surface area contributed by atoms with Crippen LogP contribution in [0.25, 0.3) is 0 Å². The summed E-state index contributed by atoms with van der Waals surface area (Å²) in [7, 11) is 1.66. The molecular formula is C11H13ClN2OS. The van der Waals surface area contributed by atoms with Gasteiger partial charge in [0.15, 0.2) is 5.17 Å². The zero-order chi connectivity index (χ0) is 11.4. The summed E-state index contributed by atoms with van der Waals surface area (Å²) in [5.41, 5.74) is 1.05. The van der Waals surface area contributed by atoms with E-state index in [1.165, 1.54) is 0 Å². The van der Waals surface area contributed by atoms with E-state index in [0.29, 0.717) is 6.54 Å². The van der Waals surface area contributed by atoms with Crippen molar-refractivity contribution in [1.29, 1.82) is 0 Å². The second kappa shape index (κ2) is 5.46. The van der Waals surface area contributed by atoms with Gasteiger partial charge in [0.25, 0.3) is 0 Å². The normalized spacial score (nSPS) is 14.8. The van der Waals surface area contributed by atoms with Crippen LogP contribution < -0.4 is 10.1 Å². The molecule has 3 nitrogen and oxygen atoms in total. The van der Waals surface area contributed by atoms with E-state index in [2.05, 4.69) is 10.3 Å². The van der Waals surface area contributed by atoms with E-state index in [9.17, 15) is 0 Å². The van der Waals surface area contributed by atoms with E-state index >= 15 is 0 Å². The molecule has 0 atom stereocenters. The van der Waals surface area contributed by atoms with Crippen molar-refractivity contribution in [3.05, 3.63) is 28.8 Å². The highest BCUT2D eigenvalue weighted by Crippen LogP contribution is 2.22. The number of hydrogen-bond donors (Lipinski definition) is 1. The van der Waals surface area contributed by atoms with Gasteiger partial charge in [-0.3, -0.25) is 4.99 Å². The summed E-state index contributed by atoms with van der Waals surface area (Å²) in [6, 6.07) is 5.61. The SMILES string of the molecule is COc1ccc(Cl)cc1CNC1=NCCS1. The molecule has 0 amide bonds. The molecular weight excluding hydrogens is 244 g/mol. The second-order valence-corrected chi connectivity index (χ2v) is 4.87. The third-order valence-corrected chi connectivity index (χ3v) is 3.43. The second-order valence-electron chi connectivity index (χ2n) is 3.35. The van der Waals surface area contributed by atoms with Gasteiger partial charge >= 0.3 is 0 Å². The molecule has 1 heterocycles. The molecule has 0 saturated heterocycles. The third-order valence-electron chi connectivity index (χ3n) is 2.26. The van der Waals surface area contributed by atoms with Crippen LogP contribution in [-0.4, -0.2) is 24.6 Å². The standard InChI is InChI=1S/C11H13ClN2OS/c1-15-10-3-2-9(12)6-8(10)7-14-11-13-4-5-16-11/h2-3,6H,4-5,7H2,1H3,(H,13,14). The van der Waals surface area contributed by atoms with Crippen LogP contribution in [0.3, 0.4) is 0 Å². The molecule has 86 valence electrons.